The summed E-state index contributed by atoms with van der Waals surface area (Å²) in [6.45, 7) is 0. The summed E-state index contributed by atoms with van der Waals surface area (Å²) in [5, 5.41) is 0. The summed E-state index contributed by atoms with van der Waals surface area (Å²) in [5.74, 6) is -1.83. The molecule has 0 heterocycles. The van der Waals surface area contributed by atoms with Crippen molar-refractivity contribution in [3.63, 3.8) is 0 Å². The zero-order valence-corrected chi connectivity index (χ0v) is 10.4. The minimum atomic E-state index is -4.96. The molecule has 0 unspecified atom stereocenters. The van der Waals surface area contributed by atoms with Gasteiger partial charge in [-0.1, -0.05) is 0 Å². The first-order chi connectivity index (χ1) is 9.87. The highest BCUT2D eigenvalue weighted by molar-refractivity contribution is 5.74. The van der Waals surface area contributed by atoms with E-state index in [2.05, 4.69) is 4.74 Å². The van der Waals surface area contributed by atoms with E-state index in [4.69, 9.17) is 4.74 Å². The average Bonchev–Trinajstić information content (AvgIpc) is 2.41. The van der Waals surface area contributed by atoms with Gasteiger partial charge in [0.15, 0.2) is 11.6 Å². The fraction of sp³-hybridized carbons (Fsp3) is 0.0714. The van der Waals surface area contributed by atoms with Gasteiger partial charge in [-0.25, -0.2) is 4.39 Å². The number of hydrogen-bond donors (Lipinski definition) is 0. The lowest BCUT2D eigenvalue weighted by Crippen LogP contribution is -2.17. The number of benzene rings is 2. The van der Waals surface area contributed by atoms with Gasteiger partial charge in [0.1, 0.15) is 17.8 Å². The number of halogens is 4. The molecule has 7 heteroatoms. The van der Waals surface area contributed by atoms with E-state index in [1.165, 1.54) is 24.3 Å². The first kappa shape index (κ1) is 14.8. The number of hydrogen-bond acceptors (Lipinski definition) is 3. The van der Waals surface area contributed by atoms with Crippen LogP contribution in [0.3, 0.4) is 0 Å². The van der Waals surface area contributed by atoms with Gasteiger partial charge in [0.05, 0.1) is 0 Å². The van der Waals surface area contributed by atoms with Crippen LogP contribution < -0.4 is 9.47 Å². The third-order valence-electron chi connectivity index (χ3n) is 2.38. The standard InChI is InChI=1S/C14H8F4O3/c15-12-7-11(5-6-13(12)21-14(16,17)18)20-10-3-1-9(8-19)2-4-10/h1-8H. The van der Waals surface area contributed by atoms with Crippen molar-refractivity contribution in [2.45, 2.75) is 6.36 Å². The highest BCUT2D eigenvalue weighted by atomic mass is 19.4. The Morgan fingerprint density at radius 2 is 1.57 bits per heavy atom. The molecule has 0 aliphatic carbocycles. The third-order valence-corrected chi connectivity index (χ3v) is 2.38. The normalized spacial score (nSPS) is 11.0. The maximum absolute atomic E-state index is 13.5. The second-order valence-electron chi connectivity index (χ2n) is 3.93. The van der Waals surface area contributed by atoms with Gasteiger partial charge in [-0.3, -0.25) is 4.79 Å². The zero-order valence-electron chi connectivity index (χ0n) is 10.4. The summed E-state index contributed by atoms with van der Waals surface area (Å²) < 4.78 is 58.2. The van der Waals surface area contributed by atoms with Crippen molar-refractivity contribution in [1.29, 1.82) is 0 Å². The van der Waals surface area contributed by atoms with Gasteiger partial charge in [0, 0.05) is 11.6 Å². The van der Waals surface area contributed by atoms with Crippen molar-refractivity contribution in [2.24, 2.45) is 0 Å². The lowest BCUT2D eigenvalue weighted by Gasteiger charge is -2.11. The van der Waals surface area contributed by atoms with Gasteiger partial charge in [0.25, 0.3) is 0 Å². The van der Waals surface area contributed by atoms with Crippen molar-refractivity contribution in [1.82, 2.24) is 0 Å². The molecular formula is C14H8F4O3. The van der Waals surface area contributed by atoms with Crippen molar-refractivity contribution >= 4 is 6.29 Å². The molecule has 0 aromatic heterocycles. The van der Waals surface area contributed by atoms with E-state index < -0.39 is 17.9 Å². The number of carbonyl (C=O) groups excluding carboxylic acids is 1. The van der Waals surface area contributed by atoms with Crippen LogP contribution in [0.25, 0.3) is 0 Å². The Labute approximate surface area is 116 Å². The molecule has 0 spiro atoms. The Hall–Kier alpha value is -2.57. The summed E-state index contributed by atoms with van der Waals surface area (Å²) in [4.78, 5) is 10.5. The monoisotopic (exact) mass is 300 g/mol. The molecule has 2 aromatic rings. The molecule has 0 saturated carbocycles. The fourth-order valence-electron chi connectivity index (χ4n) is 1.50. The van der Waals surface area contributed by atoms with E-state index in [9.17, 15) is 22.4 Å². The molecule has 0 aliphatic heterocycles. The summed E-state index contributed by atoms with van der Waals surface area (Å²) in [6.07, 6.45) is -4.32. The van der Waals surface area contributed by atoms with E-state index >= 15 is 0 Å². The fourth-order valence-corrected chi connectivity index (χ4v) is 1.50. The molecule has 110 valence electrons. The predicted octanol–water partition coefficient (Wildman–Crippen LogP) is 4.33. The molecule has 0 bridgehead atoms. The van der Waals surface area contributed by atoms with Crippen LogP contribution >= 0.6 is 0 Å². The minimum absolute atomic E-state index is 0.000813. The Balaban J connectivity index is 2.14. The van der Waals surface area contributed by atoms with Gasteiger partial charge in [-0.15, -0.1) is 13.2 Å². The number of aldehydes is 1. The van der Waals surface area contributed by atoms with E-state index in [-0.39, 0.29) is 5.75 Å². The highest BCUT2D eigenvalue weighted by Crippen LogP contribution is 2.30. The Morgan fingerprint density at radius 1 is 0.952 bits per heavy atom. The smallest absolute Gasteiger partial charge is 0.457 e. The van der Waals surface area contributed by atoms with E-state index in [1.807, 2.05) is 0 Å². The zero-order chi connectivity index (χ0) is 15.5. The molecule has 0 atom stereocenters. The second-order valence-corrected chi connectivity index (χ2v) is 3.93. The van der Waals surface area contributed by atoms with Crippen LogP contribution in [-0.4, -0.2) is 12.6 Å². The lowest BCUT2D eigenvalue weighted by atomic mass is 10.2. The number of carbonyl (C=O) groups is 1. The van der Waals surface area contributed by atoms with Crippen LogP contribution in [0.5, 0.6) is 17.2 Å². The maximum Gasteiger partial charge on any atom is 0.573 e. The number of rotatable bonds is 4. The van der Waals surface area contributed by atoms with Gasteiger partial charge in [-0.2, -0.15) is 0 Å². The SMILES string of the molecule is O=Cc1ccc(Oc2ccc(OC(F)(F)F)c(F)c2)cc1. The summed E-state index contributed by atoms with van der Waals surface area (Å²) in [7, 11) is 0. The van der Waals surface area contributed by atoms with Crippen molar-refractivity contribution in [3.8, 4) is 17.2 Å². The van der Waals surface area contributed by atoms with Crippen LogP contribution in [-0.2, 0) is 0 Å². The minimum Gasteiger partial charge on any atom is -0.457 e. The molecule has 2 rings (SSSR count). The molecule has 0 N–H and O–H groups in total. The first-order valence-corrected chi connectivity index (χ1v) is 5.66. The summed E-state index contributed by atoms with van der Waals surface area (Å²) in [5.41, 5.74) is 0.433. The molecular weight excluding hydrogens is 292 g/mol. The lowest BCUT2D eigenvalue weighted by molar-refractivity contribution is -0.275. The van der Waals surface area contributed by atoms with E-state index in [0.29, 0.717) is 17.6 Å². The quantitative estimate of drug-likeness (QED) is 0.623. The van der Waals surface area contributed by atoms with Crippen molar-refractivity contribution in [3.05, 3.63) is 53.8 Å². The van der Waals surface area contributed by atoms with Crippen LogP contribution in [0.2, 0.25) is 0 Å². The summed E-state index contributed by atoms with van der Waals surface area (Å²) in [6, 6.07) is 8.65. The number of alkyl halides is 3. The Bertz CT molecular complexity index is 636. The topological polar surface area (TPSA) is 35.5 Å². The predicted molar refractivity (Wildman–Crippen MR) is 65.0 cm³/mol. The van der Waals surface area contributed by atoms with Gasteiger partial charge in [0.2, 0.25) is 0 Å². The molecule has 0 aliphatic rings. The molecule has 0 saturated heterocycles. The van der Waals surface area contributed by atoms with Gasteiger partial charge in [-0.05, 0) is 36.4 Å². The van der Waals surface area contributed by atoms with E-state index in [1.54, 1.807) is 0 Å². The maximum atomic E-state index is 13.5. The first-order valence-electron chi connectivity index (χ1n) is 5.66. The van der Waals surface area contributed by atoms with E-state index in [0.717, 1.165) is 18.2 Å². The van der Waals surface area contributed by atoms with Gasteiger partial charge < -0.3 is 9.47 Å². The van der Waals surface area contributed by atoms with Crippen LogP contribution in [0.1, 0.15) is 10.4 Å². The Morgan fingerprint density at radius 3 is 2.10 bits per heavy atom. The second kappa shape index (κ2) is 5.82. The van der Waals surface area contributed by atoms with Crippen LogP contribution in [0.4, 0.5) is 17.6 Å². The molecule has 21 heavy (non-hydrogen) atoms. The molecule has 3 nitrogen and oxygen atoms in total. The average molecular weight is 300 g/mol. The molecule has 0 radical (unpaired) electrons. The third kappa shape index (κ3) is 4.20. The van der Waals surface area contributed by atoms with Crippen molar-refractivity contribution in [2.75, 3.05) is 0 Å². The van der Waals surface area contributed by atoms with Crippen LogP contribution in [0.15, 0.2) is 42.5 Å². The Kier molecular flexibility index (Phi) is 4.11. The van der Waals surface area contributed by atoms with Crippen LogP contribution in [0, 0.1) is 5.82 Å². The molecule has 0 fully saturated rings. The molecule has 0 amide bonds. The highest BCUT2D eigenvalue weighted by Gasteiger charge is 2.32. The number of ether oxygens (including phenoxy) is 2. The molecule has 2 aromatic carbocycles. The largest absolute Gasteiger partial charge is 0.573 e. The van der Waals surface area contributed by atoms with Gasteiger partial charge >= 0.3 is 6.36 Å². The summed E-state index contributed by atoms with van der Waals surface area (Å²) >= 11 is 0. The van der Waals surface area contributed by atoms with Crippen molar-refractivity contribution < 1.29 is 31.8 Å².